The lowest BCUT2D eigenvalue weighted by molar-refractivity contribution is -0.140. The van der Waals surface area contributed by atoms with Gasteiger partial charge in [-0.25, -0.2) is 0 Å². The molecule has 1 fully saturated rings. The Hall–Kier alpha value is -2.64. The molecule has 1 aliphatic rings. The monoisotopic (exact) mass is 487 g/mol. The van der Waals surface area contributed by atoms with Crippen LogP contribution in [0.2, 0.25) is 0 Å². The number of methoxy groups -OCH3 is 1. The van der Waals surface area contributed by atoms with Crippen LogP contribution in [-0.4, -0.2) is 48.1 Å². The van der Waals surface area contributed by atoms with Gasteiger partial charge in [0.1, 0.15) is 11.5 Å². The number of ether oxygens (including phenoxy) is 2. The summed E-state index contributed by atoms with van der Waals surface area (Å²) in [7, 11) is 1.56. The predicted molar refractivity (Wildman–Crippen MR) is 122 cm³/mol. The average Bonchev–Trinajstić information content (AvgIpc) is 3.01. The molecule has 0 radical (unpaired) electrons. The lowest BCUT2D eigenvalue weighted by atomic mass is 9.95. The molecule has 7 heteroatoms. The van der Waals surface area contributed by atoms with E-state index in [2.05, 4.69) is 15.9 Å². The highest BCUT2D eigenvalue weighted by Gasteiger charge is 2.45. The van der Waals surface area contributed by atoms with E-state index in [1.54, 1.807) is 49.6 Å². The number of ketones is 1. The molecule has 0 aromatic heterocycles. The second-order valence-electron chi connectivity index (χ2n) is 7.55. The summed E-state index contributed by atoms with van der Waals surface area (Å²) in [5.41, 5.74) is 1.24. The molecule has 1 atom stereocenters. The van der Waals surface area contributed by atoms with Gasteiger partial charge in [-0.3, -0.25) is 9.59 Å². The highest BCUT2D eigenvalue weighted by atomic mass is 79.9. The highest BCUT2D eigenvalue weighted by Crippen LogP contribution is 2.40. The van der Waals surface area contributed by atoms with Crippen molar-refractivity contribution in [2.45, 2.75) is 32.4 Å². The van der Waals surface area contributed by atoms with E-state index in [1.165, 1.54) is 4.90 Å². The largest absolute Gasteiger partial charge is 0.507 e. The van der Waals surface area contributed by atoms with Gasteiger partial charge in [-0.05, 0) is 50.1 Å². The van der Waals surface area contributed by atoms with Crippen LogP contribution in [0, 0.1) is 0 Å². The molecule has 1 amide bonds. The molecule has 164 valence electrons. The molecule has 2 aromatic carbocycles. The average molecular weight is 488 g/mol. The minimum Gasteiger partial charge on any atom is -0.507 e. The van der Waals surface area contributed by atoms with E-state index in [4.69, 9.17) is 9.47 Å². The van der Waals surface area contributed by atoms with Crippen LogP contribution in [0.5, 0.6) is 5.75 Å². The van der Waals surface area contributed by atoms with Gasteiger partial charge < -0.3 is 19.5 Å². The number of aliphatic hydroxyl groups excluding tert-OH is 1. The second kappa shape index (κ2) is 10.1. The van der Waals surface area contributed by atoms with Crippen molar-refractivity contribution in [3.05, 3.63) is 69.7 Å². The molecule has 0 spiro atoms. The summed E-state index contributed by atoms with van der Waals surface area (Å²) in [5.74, 6) is -0.913. The van der Waals surface area contributed by atoms with Crippen molar-refractivity contribution in [3.63, 3.8) is 0 Å². The molecular formula is C24H26BrNO5. The molecule has 2 aromatic rings. The summed E-state index contributed by atoms with van der Waals surface area (Å²) in [4.78, 5) is 27.4. The van der Waals surface area contributed by atoms with Crippen LogP contribution in [0.4, 0.5) is 0 Å². The van der Waals surface area contributed by atoms with Crippen molar-refractivity contribution < 1.29 is 24.2 Å². The fraction of sp³-hybridized carbons (Fsp3) is 0.333. The number of carbonyl (C=O) groups excluding carboxylic acids is 2. The normalized spacial score (nSPS) is 18.1. The van der Waals surface area contributed by atoms with Crippen LogP contribution < -0.4 is 4.74 Å². The standard InChI is InChI=1S/C24H26BrNO5/c1-15(2)31-13-5-12-26-21(17-6-4-7-19(14-17)30-3)20(23(28)24(26)29)22(27)16-8-10-18(25)11-9-16/h4,6-11,14-15,21,27H,5,12-13H2,1-3H3/t21-/m0/s1. The molecule has 0 unspecified atom stereocenters. The van der Waals surface area contributed by atoms with Crippen molar-refractivity contribution in [1.82, 2.24) is 4.90 Å². The zero-order valence-corrected chi connectivity index (χ0v) is 19.4. The second-order valence-corrected chi connectivity index (χ2v) is 8.46. The van der Waals surface area contributed by atoms with Crippen LogP contribution in [0.15, 0.2) is 58.6 Å². The van der Waals surface area contributed by atoms with Crippen LogP contribution in [0.25, 0.3) is 5.76 Å². The lowest BCUT2D eigenvalue weighted by Gasteiger charge is -2.25. The lowest BCUT2D eigenvalue weighted by Crippen LogP contribution is -2.31. The van der Waals surface area contributed by atoms with E-state index in [-0.39, 0.29) is 17.4 Å². The maximum atomic E-state index is 13.0. The number of hydrogen-bond donors (Lipinski definition) is 1. The van der Waals surface area contributed by atoms with Gasteiger partial charge in [0.25, 0.3) is 11.7 Å². The Morgan fingerprint density at radius 2 is 1.87 bits per heavy atom. The number of likely N-dealkylation sites (tertiary alicyclic amines) is 1. The van der Waals surface area contributed by atoms with Crippen LogP contribution in [0.1, 0.15) is 37.4 Å². The molecule has 0 aliphatic carbocycles. The van der Waals surface area contributed by atoms with E-state index < -0.39 is 17.7 Å². The minimum atomic E-state index is -0.710. The van der Waals surface area contributed by atoms with Crippen LogP contribution >= 0.6 is 15.9 Å². The van der Waals surface area contributed by atoms with Gasteiger partial charge in [-0.1, -0.05) is 40.2 Å². The number of carbonyl (C=O) groups is 2. The Labute approximate surface area is 190 Å². The molecule has 1 N–H and O–H groups in total. The molecule has 31 heavy (non-hydrogen) atoms. The first kappa shape index (κ1) is 23.0. The number of aliphatic hydroxyl groups is 1. The quantitative estimate of drug-likeness (QED) is 0.253. The zero-order chi connectivity index (χ0) is 22.5. The smallest absolute Gasteiger partial charge is 0.295 e. The van der Waals surface area contributed by atoms with Crippen molar-refractivity contribution in [3.8, 4) is 5.75 Å². The Balaban J connectivity index is 2.04. The molecule has 0 saturated carbocycles. The fourth-order valence-corrected chi connectivity index (χ4v) is 3.85. The maximum absolute atomic E-state index is 13.0. The molecule has 0 bridgehead atoms. The minimum absolute atomic E-state index is 0.0744. The third-order valence-corrected chi connectivity index (χ3v) is 5.59. The Morgan fingerprint density at radius 3 is 2.52 bits per heavy atom. The molecular weight excluding hydrogens is 462 g/mol. The van der Waals surface area contributed by atoms with Gasteiger partial charge in [-0.15, -0.1) is 0 Å². The third-order valence-electron chi connectivity index (χ3n) is 5.06. The van der Waals surface area contributed by atoms with Gasteiger partial charge >= 0.3 is 0 Å². The third kappa shape index (κ3) is 5.17. The first-order chi connectivity index (χ1) is 14.8. The summed E-state index contributed by atoms with van der Waals surface area (Å²) >= 11 is 3.37. The summed E-state index contributed by atoms with van der Waals surface area (Å²) < 4.78 is 11.8. The molecule has 3 rings (SSSR count). The highest BCUT2D eigenvalue weighted by molar-refractivity contribution is 9.10. The number of Topliss-reactive ketones (excluding diaryl/α,β-unsaturated/α-hetero) is 1. The number of benzene rings is 2. The maximum Gasteiger partial charge on any atom is 0.295 e. The van der Waals surface area contributed by atoms with Crippen molar-refractivity contribution >= 4 is 33.4 Å². The Bertz CT molecular complexity index is 984. The molecule has 1 aliphatic heterocycles. The van der Waals surface area contributed by atoms with Crippen molar-refractivity contribution in [2.75, 3.05) is 20.3 Å². The fourth-order valence-electron chi connectivity index (χ4n) is 3.59. The zero-order valence-electron chi connectivity index (χ0n) is 17.8. The predicted octanol–water partition coefficient (Wildman–Crippen LogP) is 4.69. The van der Waals surface area contributed by atoms with Gasteiger partial charge in [0, 0.05) is 23.2 Å². The Kier molecular flexibility index (Phi) is 7.51. The van der Waals surface area contributed by atoms with Crippen LogP contribution in [0.3, 0.4) is 0 Å². The van der Waals surface area contributed by atoms with E-state index in [0.717, 1.165) is 4.47 Å². The molecule has 1 saturated heterocycles. The van der Waals surface area contributed by atoms with E-state index >= 15 is 0 Å². The number of amides is 1. The molecule has 1 heterocycles. The summed E-state index contributed by atoms with van der Waals surface area (Å²) in [6.45, 7) is 4.69. The molecule has 6 nitrogen and oxygen atoms in total. The number of nitrogens with zero attached hydrogens (tertiary/aromatic N) is 1. The van der Waals surface area contributed by atoms with Gasteiger partial charge in [0.15, 0.2) is 0 Å². The first-order valence-corrected chi connectivity index (χ1v) is 10.9. The van der Waals surface area contributed by atoms with Gasteiger partial charge in [0.2, 0.25) is 0 Å². The van der Waals surface area contributed by atoms with Crippen LogP contribution in [-0.2, 0) is 14.3 Å². The van der Waals surface area contributed by atoms with E-state index in [1.807, 2.05) is 19.9 Å². The topological polar surface area (TPSA) is 76.1 Å². The summed E-state index contributed by atoms with van der Waals surface area (Å²) in [6.07, 6.45) is 0.659. The van der Waals surface area contributed by atoms with E-state index in [9.17, 15) is 14.7 Å². The van der Waals surface area contributed by atoms with Crippen molar-refractivity contribution in [2.24, 2.45) is 0 Å². The van der Waals surface area contributed by atoms with Gasteiger partial charge in [0.05, 0.1) is 24.8 Å². The van der Waals surface area contributed by atoms with Gasteiger partial charge in [-0.2, -0.15) is 0 Å². The van der Waals surface area contributed by atoms with E-state index in [0.29, 0.717) is 36.4 Å². The first-order valence-electron chi connectivity index (χ1n) is 10.1. The Morgan fingerprint density at radius 1 is 1.16 bits per heavy atom. The summed E-state index contributed by atoms with van der Waals surface area (Å²) in [5, 5.41) is 11.0. The SMILES string of the molecule is COc1cccc([C@H]2C(=C(O)c3ccc(Br)cc3)C(=O)C(=O)N2CCCOC(C)C)c1. The summed E-state index contributed by atoms with van der Waals surface area (Å²) in [6, 6.07) is 13.4. The number of hydrogen-bond acceptors (Lipinski definition) is 5. The van der Waals surface area contributed by atoms with Crippen molar-refractivity contribution in [1.29, 1.82) is 0 Å². The number of halogens is 1. The number of rotatable bonds is 8.